The van der Waals surface area contributed by atoms with Crippen molar-refractivity contribution in [1.82, 2.24) is 0 Å². The molecule has 7 heteroatoms. The van der Waals surface area contributed by atoms with Crippen LogP contribution in [0, 0.1) is 0 Å². The summed E-state index contributed by atoms with van der Waals surface area (Å²) in [6.07, 6.45) is -4.70. The molecule has 0 unspecified atom stereocenters. The molecule has 3 N–H and O–H groups in total. The minimum absolute atomic E-state index is 0.326. The molecular formula is C8H5ClF3NO2. The Morgan fingerprint density at radius 3 is 2.33 bits per heavy atom. The van der Waals surface area contributed by atoms with E-state index in [1.165, 1.54) is 0 Å². The normalized spacial score (nSPS) is 11.5. The lowest BCUT2D eigenvalue weighted by atomic mass is 10.1. The van der Waals surface area contributed by atoms with Crippen LogP contribution in [0.25, 0.3) is 0 Å². The molecule has 15 heavy (non-hydrogen) atoms. The zero-order chi connectivity index (χ0) is 11.8. The fourth-order valence-corrected chi connectivity index (χ4v) is 1.30. The zero-order valence-corrected chi connectivity index (χ0v) is 7.86. The van der Waals surface area contributed by atoms with Gasteiger partial charge in [0.1, 0.15) is 5.56 Å². The number of benzene rings is 1. The second-order valence-corrected chi connectivity index (χ2v) is 3.09. The van der Waals surface area contributed by atoms with Crippen LogP contribution in [-0.4, -0.2) is 11.1 Å². The number of carbonyl (C=O) groups is 1. The van der Waals surface area contributed by atoms with E-state index in [0.717, 1.165) is 6.07 Å². The van der Waals surface area contributed by atoms with Gasteiger partial charge in [-0.05, 0) is 12.1 Å². The first-order valence-corrected chi connectivity index (χ1v) is 4.01. The summed E-state index contributed by atoms with van der Waals surface area (Å²) in [5.41, 5.74) is 2.28. The minimum atomic E-state index is -4.70. The molecule has 0 aliphatic carbocycles. The van der Waals surface area contributed by atoms with Crippen LogP contribution >= 0.6 is 11.6 Å². The Kier molecular flexibility index (Phi) is 2.81. The predicted molar refractivity (Wildman–Crippen MR) is 47.8 cm³/mol. The molecule has 1 aromatic rings. The molecule has 3 nitrogen and oxygen atoms in total. The summed E-state index contributed by atoms with van der Waals surface area (Å²) < 4.78 is 36.9. The number of hydrogen-bond acceptors (Lipinski definition) is 2. The van der Waals surface area contributed by atoms with Crippen molar-refractivity contribution in [3.8, 4) is 0 Å². The van der Waals surface area contributed by atoms with Crippen LogP contribution < -0.4 is 5.73 Å². The fourth-order valence-electron chi connectivity index (χ4n) is 1.06. The largest absolute Gasteiger partial charge is 0.478 e. The number of carboxylic acid groups (broad SMARTS) is 1. The second-order valence-electron chi connectivity index (χ2n) is 2.69. The third-order valence-corrected chi connectivity index (χ3v) is 2.03. The topological polar surface area (TPSA) is 63.3 Å². The van der Waals surface area contributed by atoms with Crippen molar-refractivity contribution in [3.05, 3.63) is 28.3 Å². The highest BCUT2D eigenvalue weighted by Gasteiger charge is 2.35. The Morgan fingerprint density at radius 2 is 1.93 bits per heavy atom. The highest BCUT2D eigenvalue weighted by atomic mass is 35.5. The Labute approximate surface area is 87.3 Å². The van der Waals surface area contributed by atoms with Crippen LogP contribution in [0.5, 0.6) is 0 Å². The molecule has 0 amide bonds. The van der Waals surface area contributed by atoms with E-state index in [4.69, 9.17) is 22.4 Å². The molecule has 0 bridgehead atoms. The molecule has 0 aliphatic rings. The third-order valence-electron chi connectivity index (χ3n) is 1.71. The quantitative estimate of drug-likeness (QED) is 0.741. The summed E-state index contributed by atoms with van der Waals surface area (Å²) in [7, 11) is 0. The molecule has 1 rings (SSSR count). The highest BCUT2D eigenvalue weighted by molar-refractivity contribution is 6.34. The van der Waals surface area contributed by atoms with Crippen LogP contribution in [-0.2, 0) is 6.18 Å². The zero-order valence-electron chi connectivity index (χ0n) is 7.10. The van der Waals surface area contributed by atoms with Gasteiger partial charge in [-0.3, -0.25) is 0 Å². The fraction of sp³-hybridized carbons (Fsp3) is 0.125. The Balaban J connectivity index is 3.49. The van der Waals surface area contributed by atoms with E-state index in [2.05, 4.69) is 0 Å². The van der Waals surface area contributed by atoms with E-state index in [0.29, 0.717) is 6.07 Å². The number of alkyl halides is 3. The second kappa shape index (κ2) is 3.62. The maximum absolute atomic E-state index is 12.3. The molecule has 1 aromatic carbocycles. The first kappa shape index (κ1) is 11.6. The summed E-state index contributed by atoms with van der Waals surface area (Å²) >= 11 is 5.42. The van der Waals surface area contributed by atoms with E-state index in [-0.39, 0.29) is 5.02 Å². The number of halogens is 4. The summed E-state index contributed by atoms with van der Waals surface area (Å²) in [4.78, 5) is 10.6. The number of carboxylic acids is 1. The van der Waals surface area contributed by atoms with Crippen molar-refractivity contribution in [3.63, 3.8) is 0 Å². The Bertz CT molecular complexity index is 417. The molecule has 0 saturated carbocycles. The molecule has 0 heterocycles. The molecule has 0 radical (unpaired) electrons. The monoisotopic (exact) mass is 239 g/mol. The first-order chi connectivity index (χ1) is 6.75. The summed E-state index contributed by atoms with van der Waals surface area (Å²) in [5.74, 6) is -1.59. The molecule has 0 fully saturated rings. The highest BCUT2D eigenvalue weighted by Crippen LogP contribution is 2.37. The van der Waals surface area contributed by atoms with Gasteiger partial charge >= 0.3 is 12.1 Å². The van der Waals surface area contributed by atoms with Gasteiger partial charge in [0.25, 0.3) is 0 Å². The van der Waals surface area contributed by atoms with Crippen molar-refractivity contribution in [1.29, 1.82) is 0 Å². The maximum Gasteiger partial charge on any atom is 0.418 e. The Morgan fingerprint density at radius 1 is 1.40 bits per heavy atom. The van der Waals surface area contributed by atoms with Crippen LogP contribution in [0.3, 0.4) is 0 Å². The number of nitrogens with two attached hydrogens (primary N) is 1. The van der Waals surface area contributed by atoms with Crippen molar-refractivity contribution in [2.75, 3.05) is 5.73 Å². The summed E-state index contributed by atoms with van der Waals surface area (Å²) in [6.45, 7) is 0. The van der Waals surface area contributed by atoms with Gasteiger partial charge in [-0.1, -0.05) is 11.6 Å². The van der Waals surface area contributed by atoms with E-state index in [1.54, 1.807) is 0 Å². The third kappa shape index (κ3) is 2.15. The number of nitrogen functional groups attached to an aromatic ring is 1. The number of anilines is 1. The summed E-state index contributed by atoms with van der Waals surface area (Å²) in [5, 5.41) is 8.28. The summed E-state index contributed by atoms with van der Waals surface area (Å²) in [6, 6.07) is 1.49. The lowest BCUT2D eigenvalue weighted by molar-refractivity contribution is -0.136. The van der Waals surface area contributed by atoms with Gasteiger partial charge in [-0.25, -0.2) is 4.79 Å². The van der Waals surface area contributed by atoms with Gasteiger partial charge in [-0.15, -0.1) is 0 Å². The van der Waals surface area contributed by atoms with Gasteiger partial charge in [0.15, 0.2) is 0 Å². The van der Waals surface area contributed by atoms with Gasteiger partial charge in [0, 0.05) is 0 Å². The van der Waals surface area contributed by atoms with Crippen LogP contribution in [0.2, 0.25) is 5.02 Å². The molecule has 0 atom stereocenters. The molecule has 82 valence electrons. The van der Waals surface area contributed by atoms with E-state index in [1.807, 2.05) is 0 Å². The number of hydrogen-bond donors (Lipinski definition) is 2. The van der Waals surface area contributed by atoms with Crippen LogP contribution in [0.1, 0.15) is 15.9 Å². The molecule has 0 spiro atoms. The van der Waals surface area contributed by atoms with Crippen molar-refractivity contribution in [2.24, 2.45) is 0 Å². The smallest absolute Gasteiger partial charge is 0.418 e. The van der Waals surface area contributed by atoms with Crippen molar-refractivity contribution >= 4 is 23.3 Å². The minimum Gasteiger partial charge on any atom is -0.478 e. The molecule has 0 saturated heterocycles. The lowest BCUT2D eigenvalue weighted by Crippen LogP contribution is -2.13. The van der Waals surface area contributed by atoms with Crippen molar-refractivity contribution < 1.29 is 23.1 Å². The average Bonchev–Trinajstić information content (AvgIpc) is 2.00. The van der Waals surface area contributed by atoms with Gasteiger partial charge in [0.05, 0.1) is 16.3 Å². The van der Waals surface area contributed by atoms with Gasteiger partial charge in [0.2, 0.25) is 0 Å². The number of rotatable bonds is 1. The lowest BCUT2D eigenvalue weighted by Gasteiger charge is -2.12. The first-order valence-electron chi connectivity index (χ1n) is 3.63. The van der Waals surface area contributed by atoms with Gasteiger partial charge < -0.3 is 10.8 Å². The predicted octanol–water partition coefficient (Wildman–Crippen LogP) is 2.64. The average molecular weight is 240 g/mol. The van der Waals surface area contributed by atoms with Crippen LogP contribution in [0.4, 0.5) is 18.9 Å². The molecular weight excluding hydrogens is 235 g/mol. The van der Waals surface area contributed by atoms with Crippen LogP contribution in [0.15, 0.2) is 12.1 Å². The molecule has 0 aromatic heterocycles. The Hall–Kier alpha value is -1.43. The molecule has 0 aliphatic heterocycles. The van der Waals surface area contributed by atoms with Gasteiger partial charge in [-0.2, -0.15) is 13.2 Å². The SMILES string of the molecule is Nc1c(C(F)(F)F)ccc(Cl)c1C(=O)O. The number of aromatic carboxylic acids is 1. The van der Waals surface area contributed by atoms with E-state index in [9.17, 15) is 18.0 Å². The van der Waals surface area contributed by atoms with E-state index >= 15 is 0 Å². The standard InChI is InChI=1S/C8H5ClF3NO2/c9-4-2-1-3(8(10,11)12)6(13)5(4)7(14)15/h1-2H,13H2,(H,14,15). The van der Waals surface area contributed by atoms with Crippen molar-refractivity contribution in [2.45, 2.75) is 6.18 Å². The maximum atomic E-state index is 12.3. The van der Waals surface area contributed by atoms with E-state index < -0.39 is 29.0 Å².